The summed E-state index contributed by atoms with van der Waals surface area (Å²) < 4.78 is 12.2. The van der Waals surface area contributed by atoms with Crippen molar-refractivity contribution in [2.24, 2.45) is 0 Å². The number of ether oxygens (including phenoxy) is 2. The highest BCUT2D eigenvalue weighted by atomic mass is 32.2. The summed E-state index contributed by atoms with van der Waals surface area (Å²) in [5.74, 6) is 1.40. The Hall–Kier alpha value is -3.07. The van der Waals surface area contributed by atoms with E-state index in [1.807, 2.05) is 37.3 Å². The first kappa shape index (κ1) is 16.4. The lowest BCUT2D eigenvalue weighted by atomic mass is 10.2. The highest BCUT2D eigenvalue weighted by Crippen LogP contribution is 2.34. The number of carbonyl (C=O) groups is 1. The van der Waals surface area contributed by atoms with Crippen LogP contribution in [0.15, 0.2) is 47.6 Å². The molecule has 1 amide bonds. The first-order valence-electron chi connectivity index (χ1n) is 7.87. The number of benzene rings is 2. The second kappa shape index (κ2) is 7.04. The van der Waals surface area contributed by atoms with Gasteiger partial charge in [0.05, 0.1) is 11.4 Å². The SMILES string of the molecule is Cc1ccc(NC(=O)CSc2nnnn2-c2ccc3c(c2)OCO3)cc1. The minimum Gasteiger partial charge on any atom is -0.454 e. The molecular weight excluding hydrogens is 354 g/mol. The van der Waals surface area contributed by atoms with Crippen LogP contribution in [0.25, 0.3) is 5.69 Å². The number of thioether (sulfide) groups is 1. The Morgan fingerprint density at radius 2 is 2.00 bits per heavy atom. The fraction of sp³-hybridized carbons (Fsp3) is 0.176. The van der Waals surface area contributed by atoms with Crippen molar-refractivity contribution in [3.05, 3.63) is 48.0 Å². The highest BCUT2D eigenvalue weighted by Gasteiger charge is 2.17. The van der Waals surface area contributed by atoms with Gasteiger partial charge in [-0.2, -0.15) is 4.68 Å². The number of carbonyl (C=O) groups excluding carboxylic acids is 1. The lowest BCUT2D eigenvalue weighted by molar-refractivity contribution is -0.113. The summed E-state index contributed by atoms with van der Waals surface area (Å²) in [7, 11) is 0. The van der Waals surface area contributed by atoms with Crippen LogP contribution in [0.3, 0.4) is 0 Å². The molecule has 1 aliphatic rings. The van der Waals surface area contributed by atoms with E-state index in [-0.39, 0.29) is 18.5 Å². The first-order valence-corrected chi connectivity index (χ1v) is 8.85. The van der Waals surface area contributed by atoms with Gasteiger partial charge < -0.3 is 14.8 Å². The first-order chi connectivity index (χ1) is 12.7. The van der Waals surface area contributed by atoms with Crippen LogP contribution in [-0.2, 0) is 4.79 Å². The highest BCUT2D eigenvalue weighted by molar-refractivity contribution is 7.99. The van der Waals surface area contributed by atoms with E-state index in [4.69, 9.17) is 9.47 Å². The van der Waals surface area contributed by atoms with E-state index in [9.17, 15) is 4.79 Å². The number of anilines is 1. The van der Waals surface area contributed by atoms with Gasteiger partial charge in [-0.05, 0) is 41.6 Å². The van der Waals surface area contributed by atoms with Gasteiger partial charge in [0.15, 0.2) is 11.5 Å². The van der Waals surface area contributed by atoms with Gasteiger partial charge in [0.25, 0.3) is 0 Å². The van der Waals surface area contributed by atoms with Crippen molar-refractivity contribution in [2.45, 2.75) is 12.1 Å². The zero-order chi connectivity index (χ0) is 17.9. The van der Waals surface area contributed by atoms with Crippen LogP contribution in [0, 0.1) is 6.92 Å². The average molecular weight is 369 g/mol. The number of amides is 1. The summed E-state index contributed by atoms with van der Waals surface area (Å²) in [4.78, 5) is 12.1. The molecule has 26 heavy (non-hydrogen) atoms. The van der Waals surface area contributed by atoms with Crippen molar-refractivity contribution in [1.82, 2.24) is 20.2 Å². The Bertz CT molecular complexity index is 942. The quantitative estimate of drug-likeness (QED) is 0.691. The van der Waals surface area contributed by atoms with E-state index in [1.54, 1.807) is 16.8 Å². The second-order valence-corrected chi connectivity index (χ2v) is 6.56. The second-order valence-electron chi connectivity index (χ2n) is 5.61. The number of nitrogens with one attached hydrogen (secondary N) is 1. The summed E-state index contributed by atoms with van der Waals surface area (Å²) in [5.41, 5.74) is 2.64. The number of nitrogens with zero attached hydrogens (tertiary/aromatic N) is 4. The number of rotatable bonds is 5. The van der Waals surface area contributed by atoms with Crippen molar-refractivity contribution >= 4 is 23.4 Å². The van der Waals surface area contributed by atoms with Crippen molar-refractivity contribution in [3.8, 4) is 17.2 Å². The van der Waals surface area contributed by atoms with Crippen molar-refractivity contribution in [3.63, 3.8) is 0 Å². The normalized spacial score (nSPS) is 12.2. The molecule has 3 aromatic rings. The van der Waals surface area contributed by atoms with Gasteiger partial charge in [-0.1, -0.05) is 29.5 Å². The van der Waals surface area contributed by atoms with Crippen LogP contribution < -0.4 is 14.8 Å². The maximum absolute atomic E-state index is 12.1. The van der Waals surface area contributed by atoms with Crippen LogP contribution in [-0.4, -0.2) is 38.7 Å². The number of hydrogen-bond donors (Lipinski definition) is 1. The Morgan fingerprint density at radius 1 is 1.19 bits per heavy atom. The molecular formula is C17H15N5O3S. The number of hydrogen-bond acceptors (Lipinski definition) is 7. The Kier molecular flexibility index (Phi) is 4.44. The smallest absolute Gasteiger partial charge is 0.234 e. The zero-order valence-corrected chi connectivity index (χ0v) is 14.7. The topological polar surface area (TPSA) is 91.2 Å². The van der Waals surface area contributed by atoms with Crippen LogP contribution in [0.5, 0.6) is 11.5 Å². The fourth-order valence-electron chi connectivity index (χ4n) is 2.41. The van der Waals surface area contributed by atoms with Gasteiger partial charge in [0, 0.05) is 11.8 Å². The van der Waals surface area contributed by atoms with E-state index in [0.29, 0.717) is 16.7 Å². The minimum atomic E-state index is -0.126. The third-order valence-electron chi connectivity index (χ3n) is 3.71. The van der Waals surface area contributed by atoms with Gasteiger partial charge in [-0.25, -0.2) is 0 Å². The number of aromatic nitrogens is 4. The predicted molar refractivity (Wildman–Crippen MR) is 95.8 cm³/mol. The summed E-state index contributed by atoms with van der Waals surface area (Å²) in [5, 5.41) is 15.0. The van der Waals surface area contributed by atoms with Crippen LogP contribution in [0.4, 0.5) is 5.69 Å². The molecule has 2 aromatic carbocycles. The van der Waals surface area contributed by atoms with Crippen molar-refractivity contribution in [2.75, 3.05) is 17.9 Å². The molecule has 1 aliphatic heterocycles. The van der Waals surface area contributed by atoms with Gasteiger partial charge in [0.2, 0.25) is 17.9 Å². The molecule has 9 heteroatoms. The molecule has 0 saturated carbocycles. The number of fused-ring (bicyclic) bond motifs is 1. The molecule has 0 fully saturated rings. The van der Waals surface area contributed by atoms with Gasteiger partial charge in [-0.3, -0.25) is 4.79 Å². The van der Waals surface area contributed by atoms with E-state index >= 15 is 0 Å². The van der Waals surface area contributed by atoms with Gasteiger partial charge >= 0.3 is 0 Å². The van der Waals surface area contributed by atoms with Gasteiger partial charge in [0.1, 0.15) is 0 Å². The van der Waals surface area contributed by atoms with E-state index in [2.05, 4.69) is 20.8 Å². The van der Waals surface area contributed by atoms with E-state index < -0.39 is 0 Å². The monoisotopic (exact) mass is 369 g/mol. The summed E-state index contributed by atoms with van der Waals surface area (Å²) in [6, 6.07) is 13.1. The minimum absolute atomic E-state index is 0.126. The molecule has 132 valence electrons. The molecule has 0 atom stereocenters. The molecule has 0 spiro atoms. The number of aryl methyl sites for hydroxylation is 1. The molecule has 0 unspecified atom stereocenters. The summed E-state index contributed by atoms with van der Waals surface area (Å²) >= 11 is 1.26. The van der Waals surface area contributed by atoms with Crippen LogP contribution in [0.1, 0.15) is 5.56 Å². The zero-order valence-electron chi connectivity index (χ0n) is 13.9. The third-order valence-corrected chi connectivity index (χ3v) is 4.63. The van der Waals surface area contributed by atoms with Crippen LogP contribution >= 0.6 is 11.8 Å². The lowest BCUT2D eigenvalue weighted by Crippen LogP contribution is -2.14. The summed E-state index contributed by atoms with van der Waals surface area (Å²) in [6.07, 6.45) is 0. The molecule has 1 N–H and O–H groups in total. The average Bonchev–Trinajstić information content (AvgIpc) is 3.30. The number of tetrazole rings is 1. The van der Waals surface area contributed by atoms with E-state index in [1.165, 1.54) is 11.8 Å². The molecule has 1 aromatic heterocycles. The standard InChI is InChI=1S/C17H15N5O3S/c1-11-2-4-12(5-3-11)18-16(23)9-26-17-19-20-21-22(17)13-6-7-14-15(8-13)25-10-24-14/h2-8H,9-10H2,1H3,(H,18,23). The van der Waals surface area contributed by atoms with Crippen LogP contribution in [0.2, 0.25) is 0 Å². The third kappa shape index (κ3) is 3.47. The molecule has 0 saturated heterocycles. The molecule has 0 bridgehead atoms. The Labute approximate surface area is 153 Å². The van der Waals surface area contributed by atoms with E-state index in [0.717, 1.165) is 16.9 Å². The van der Waals surface area contributed by atoms with Crippen molar-refractivity contribution in [1.29, 1.82) is 0 Å². The Balaban J connectivity index is 1.42. The Morgan fingerprint density at radius 3 is 2.85 bits per heavy atom. The molecule has 2 heterocycles. The van der Waals surface area contributed by atoms with Gasteiger partial charge in [-0.15, -0.1) is 5.10 Å². The fourth-order valence-corrected chi connectivity index (χ4v) is 3.10. The molecule has 4 rings (SSSR count). The summed E-state index contributed by atoms with van der Waals surface area (Å²) in [6.45, 7) is 2.20. The maximum atomic E-state index is 12.1. The lowest BCUT2D eigenvalue weighted by Gasteiger charge is -2.06. The van der Waals surface area contributed by atoms with Crippen molar-refractivity contribution < 1.29 is 14.3 Å². The largest absolute Gasteiger partial charge is 0.454 e. The molecule has 0 radical (unpaired) electrons. The predicted octanol–water partition coefficient (Wildman–Crippen LogP) is 2.43. The molecule has 8 nitrogen and oxygen atoms in total. The maximum Gasteiger partial charge on any atom is 0.234 e. The molecule has 0 aliphatic carbocycles.